The molecule has 3 rings (SSSR count). The molecule has 0 spiro atoms. The van der Waals surface area contributed by atoms with E-state index in [4.69, 9.17) is 4.74 Å². The van der Waals surface area contributed by atoms with E-state index in [0.29, 0.717) is 0 Å². The first-order chi connectivity index (χ1) is 13.2. The van der Waals surface area contributed by atoms with E-state index < -0.39 is 0 Å². The summed E-state index contributed by atoms with van der Waals surface area (Å²) in [6, 6.07) is 13.6. The van der Waals surface area contributed by atoms with Gasteiger partial charge in [-0.3, -0.25) is 0 Å². The minimum absolute atomic E-state index is 0.152. The van der Waals surface area contributed by atoms with Crippen molar-refractivity contribution in [2.75, 3.05) is 11.4 Å². The fourth-order valence-electron chi connectivity index (χ4n) is 3.69. The lowest BCUT2D eigenvalue weighted by molar-refractivity contribution is 0.456. The highest BCUT2D eigenvalue weighted by molar-refractivity contribution is 5.78. The number of fused-ring (bicyclic) bond motifs is 2. The highest BCUT2D eigenvalue weighted by Crippen LogP contribution is 2.49. The van der Waals surface area contributed by atoms with Crippen LogP contribution < -0.4 is 9.64 Å². The molecule has 0 saturated heterocycles. The zero-order valence-electron chi connectivity index (χ0n) is 18.9. The average Bonchev–Trinajstić information content (AvgIpc) is 2.70. The molecule has 0 fully saturated rings. The number of hydrogen-bond acceptors (Lipinski definition) is 2. The van der Waals surface area contributed by atoms with Crippen LogP contribution in [-0.2, 0) is 10.8 Å². The lowest BCUT2D eigenvalue weighted by Gasteiger charge is -2.35. The van der Waals surface area contributed by atoms with Gasteiger partial charge in [-0.1, -0.05) is 67.0 Å². The fourth-order valence-corrected chi connectivity index (χ4v) is 3.69. The molecule has 0 saturated carbocycles. The zero-order valence-corrected chi connectivity index (χ0v) is 18.9. The van der Waals surface area contributed by atoms with Gasteiger partial charge in [0.2, 0.25) is 0 Å². The molecule has 0 N–H and O–H groups in total. The third-order valence-corrected chi connectivity index (χ3v) is 6.79. The smallest absolute Gasteiger partial charge is 0.151 e. The van der Waals surface area contributed by atoms with Crippen molar-refractivity contribution in [1.29, 1.82) is 0 Å². The standard InChI is InChI=1S/C26H37NO/c1-8-11-16-27-21-14-12-19(25(4,5)9-2)17-23(21)28-24-18-20(13-15-22(24)27)26(6,7)10-3/h12-15,17-18H,8-11,16H2,1-7H3. The van der Waals surface area contributed by atoms with Crippen molar-refractivity contribution in [1.82, 2.24) is 0 Å². The van der Waals surface area contributed by atoms with Crippen molar-refractivity contribution in [2.24, 2.45) is 0 Å². The van der Waals surface area contributed by atoms with E-state index in [2.05, 4.69) is 89.8 Å². The first-order valence-corrected chi connectivity index (χ1v) is 11.0. The zero-order chi connectivity index (χ0) is 20.5. The Kier molecular flexibility index (Phi) is 5.79. The van der Waals surface area contributed by atoms with Crippen LogP contribution >= 0.6 is 0 Å². The Bertz CT molecular complexity index is 769. The summed E-state index contributed by atoms with van der Waals surface area (Å²) in [5.74, 6) is 1.99. The fraction of sp³-hybridized carbons (Fsp3) is 0.538. The molecular weight excluding hydrogens is 342 g/mol. The minimum Gasteiger partial charge on any atom is -0.453 e. The van der Waals surface area contributed by atoms with Crippen LogP contribution in [0.5, 0.6) is 11.5 Å². The van der Waals surface area contributed by atoms with Gasteiger partial charge in [0.05, 0.1) is 11.4 Å². The number of unbranched alkanes of at least 4 members (excludes halogenated alkanes) is 1. The Labute approximate surface area is 171 Å². The summed E-state index contributed by atoms with van der Waals surface area (Å²) >= 11 is 0. The second-order valence-electron chi connectivity index (χ2n) is 9.45. The monoisotopic (exact) mass is 379 g/mol. The molecule has 28 heavy (non-hydrogen) atoms. The van der Waals surface area contributed by atoms with Crippen LogP contribution in [-0.4, -0.2) is 6.54 Å². The molecule has 2 aromatic rings. The Hall–Kier alpha value is -1.96. The van der Waals surface area contributed by atoms with Gasteiger partial charge < -0.3 is 9.64 Å². The molecule has 2 nitrogen and oxygen atoms in total. The second kappa shape index (κ2) is 7.81. The molecule has 1 aliphatic heterocycles. The number of anilines is 2. The molecule has 0 aromatic heterocycles. The Balaban J connectivity index is 2.08. The third-order valence-electron chi connectivity index (χ3n) is 6.79. The van der Waals surface area contributed by atoms with Crippen LogP contribution in [0.4, 0.5) is 11.4 Å². The summed E-state index contributed by atoms with van der Waals surface area (Å²) in [5, 5.41) is 0. The van der Waals surface area contributed by atoms with Gasteiger partial charge in [-0.25, -0.2) is 0 Å². The summed E-state index contributed by atoms with van der Waals surface area (Å²) in [4.78, 5) is 2.45. The number of ether oxygens (including phenoxy) is 1. The predicted molar refractivity (Wildman–Crippen MR) is 122 cm³/mol. The van der Waals surface area contributed by atoms with Gasteiger partial charge in [-0.2, -0.15) is 0 Å². The molecule has 1 heterocycles. The molecule has 0 amide bonds. The van der Waals surface area contributed by atoms with Crippen LogP contribution in [0.25, 0.3) is 0 Å². The van der Waals surface area contributed by atoms with Gasteiger partial charge in [-0.05, 0) is 65.5 Å². The van der Waals surface area contributed by atoms with Gasteiger partial charge >= 0.3 is 0 Å². The third kappa shape index (κ3) is 3.79. The van der Waals surface area contributed by atoms with Gasteiger partial charge in [0.1, 0.15) is 0 Å². The Morgan fingerprint density at radius 1 is 0.750 bits per heavy atom. The molecule has 2 heteroatoms. The summed E-state index contributed by atoms with van der Waals surface area (Å²) in [6.45, 7) is 17.0. The van der Waals surface area contributed by atoms with E-state index in [0.717, 1.165) is 30.9 Å². The van der Waals surface area contributed by atoms with Gasteiger partial charge in [0.25, 0.3) is 0 Å². The Morgan fingerprint density at radius 3 is 1.61 bits per heavy atom. The van der Waals surface area contributed by atoms with Crippen molar-refractivity contribution in [3.8, 4) is 11.5 Å². The van der Waals surface area contributed by atoms with E-state index in [1.165, 1.54) is 35.3 Å². The lowest BCUT2D eigenvalue weighted by atomic mass is 9.81. The summed E-state index contributed by atoms with van der Waals surface area (Å²) in [6.07, 6.45) is 4.57. The first kappa shape index (κ1) is 20.8. The normalized spacial score (nSPS) is 13.8. The van der Waals surface area contributed by atoms with Crippen molar-refractivity contribution in [3.63, 3.8) is 0 Å². The molecule has 0 atom stereocenters. The summed E-state index contributed by atoms with van der Waals surface area (Å²) < 4.78 is 6.51. The van der Waals surface area contributed by atoms with Crippen molar-refractivity contribution >= 4 is 11.4 Å². The van der Waals surface area contributed by atoms with Crippen LogP contribution in [0.1, 0.15) is 85.3 Å². The summed E-state index contributed by atoms with van der Waals surface area (Å²) in [5.41, 5.74) is 5.38. The van der Waals surface area contributed by atoms with Crippen LogP contribution in [0.2, 0.25) is 0 Å². The highest BCUT2D eigenvalue weighted by atomic mass is 16.5. The minimum atomic E-state index is 0.152. The molecular formula is C26H37NO. The topological polar surface area (TPSA) is 12.5 Å². The quantitative estimate of drug-likeness (QED) is 0.482. The van der Waals surface area contributed by atoms with Crippen molar-refractivity contribution in [2.45, 2.75) is 85.0 Å². The number of rotatable bonds is 7. The summed E-state index contributed by atoms with van der Waals surface area (Å²) in [7, 11) is 0. The SMILES string of the molecule is CCCCN1c2ccc(C(C)(C)CC)cc2Oc2cc(C(C)(C)CC)ccc21. The van der Waals surface area contributed by atoms with Gasteiger partial charge in [-0.15, -0.1) is 0 Å². The molecule has 152 valence electrons. The highest BCUT2D eigenvalue weighted by Gasteiger charge is 2.28. The maximum atomic E-state index is 6.51. The van der Waals surface area contributed by atoms with Crippen molar-refractivity contribution < 1.29 is 4.74 Å². The van der Waals surface area contributed by atoms with E-state index >= 15 is 0 Å². The van der Waals surface area contributed by atoms with E-state index in [1.807, 2.05) is 0 Å². The number of hydrogen-bond donors (Lipinski definition) is 0. The van der Waals surface area contributed by atoms with E-state index in [-0.39, 0.29) is 10.8 Å². The maximum absolute atomic E-state index is 6.51. The predicted octanol–water partition coefficient (Wildman–Crippen LogP) is 8.11. The van der Waals surface area contributed by atoms with E-state index in [9.17, 15) is 0 Å². The van der Waals surface area contributed by atoms with Gasteiger partial charge in [0, 0.05) is 6.54 Å². The number of nitrogens with zero attached hydrogens (tertiary/aromatic N) is 1. The van der Waals surface area contributed by atoms with Crippen LogP contribution in [0.3, 0.4) is 0 Å². The van der Waals surface area contributed by atoms with Crippen LogP contribution in [0.15, 0.2) is 36.4 Å². The van der Waals surface area contributed by atoms with Gasteiger partial charge in [0.15, 0.2) is 11.5 Å². The largest absolute Gasteiger partial charge is 0.453 e. The van der Waals surface area contributed by atoms with E-state index in [1.54, 1.807) is 0 Å². The molecule has 2 aromatic carbocycles. The Morgan fingerprint density at radius 2 is 1.21 bits per heavy atom. The van der Waals surface area contributed by atoms with Crippen LogP contribution in [0, 0.1) is 0 Å². The average molecular weight is 380 g/mol. The maximum Gasteiger partial charge on any atom is 0.151 e. The molecule has 0 radical (unpaired) electrons. The first-order valence-electron chi connectivity index (χ1n) is 11.0. The lowest BCUT2D eigenvalue weighted by Crippen LogP contribution is -2.24. The molecule has 1 aliphatic rings. The molecule has 0 unspecified atom stereocenters. The number of benzene rings is 2. The second-order valence-corrected chi connectivity index (χ2v) is 9.45. The molecule has 0 bridgehead atoms. The molecule has 0 aliphatic carbocycles. The van der Waals surface area contributed by atoms with Crippen molar-refractivity contribution in [3.05, 3.63) is 47.5 Å².